The Morgan fingerprint density at radius 2 is 1.85 bits per heavy atom. The number of hydrogen-bond donors (Lipinski definition) is 2. The Morgan fingerprint density at radius 1 is 1.08 bits per heavy atom. The molecule has 0 atom stereocenters. The zero-order chi connectivity index (χ0) is 19.1. The molecule has 0 fully saturated rings. The lowest BCUT2D eigenvalue weighted by Gasteiger charge is -2.15. The SMILES string of the molecule is CCCOc1cccc(C(=O)Nc2cc(C(=O)O)cc(OC)c2OC)c1. The van der Waals surface area contributed by atoms with Crippen LogP contribution in [-0.2, 0) is 0 Å². The summed E-state index contributed by atoms with van der Waals surface area (Å²) in [5, 5.41) is 11.9. The van der Waals surface area contributed by atoms with E-state index >= 15 is 0 Å². The first-order valence-corrected chi connectivity index (χ1v) is 8.03. The molecule has 26 heavy (non-hydrogen) atoms. The van der Waals surface area contributed by atoms with Gasteiger partial charge in [0, 0.05) is 5.56 Å². The second-order valence-electron chi connectivity index (χ2n) is 5.39. The number of ether oxygens (including phenoxy) is 3. The van der Waals surface area contributed by atoms with Crippen molar-refractivity contribution in [3.63, 3.8) is 0 Å². The molecule has 0 unspecified atom stereocenters. The van der Waals surface area contributed by atoms with Gasteiger partial charge in [-0.05, 0) is 36.8 Å². The van der Waals surface area contributed by atoms with Crippen molar-refractivity contribution in [2.24, 2.45) is 0 Å². The number of hydrogen-bond acceptors (Lipinski definition) is 5. The molecule has 7 nitrogen and oxygen atoms in total. The number of methoxy groups -OCH3 is 2. The number of rotatable bonds is 8. The first kappa shape index (κ1) is 19.1. The van der Waals surface area contributed by atoms with Crippen LogP contribution in [-0.4, -0.2) is 37.8 Å². The highest BCUT2D eigenvalue weighted by molar-refractivity contribution is 6.06. The highest BCUT2D eigenvalue weighted by Crippen LogP contribution is 2.37. The van der Waals surface area contributed by atoms with Gasteiger partial charge in [0.05, 0.1) is 32.1 Å². The van der Waals surface area contributed by atoms with Crippen molar-refractivity contribution in [2.75, 3.05) is 26.1 Å². The summed E-state index contributed by atoms with van der Waals surface area (Å²) in [6.45, 7) is 2.54. The van der Waals surface area contributed by atoms with Crippen LogP contribution in [0.1, 0.15) is 34.1 Å². The minimum atomic E-state index is -1.14. The Kier molecular flexibility index (Phi) is 6.43. The second kappa shape index (κ2) is 8.75. The van der Waals surface area contributed by atoms with Gasteiger partial charge in [0.2, 0.25) is 0 Å². The molecular weight excluding hydrogens is 338 g/mol. The molecule has 0 radical (unpaired) electrons. The maximum absolute atomic E-state index is 12.6. The molecule has 0 saturated heterocycles. The Bertz CT molecular complexity index is 803. The van der Waals surface area contributed by atoms with E-state index in [9.17, 15) is 14.7 Å². The summed E-state index contributed by atoms with van der Waals surface area (Å²) < 4.78 is 15.9. The van der Waals surface area contributed by atoms with Crippen LogP contribution in [0.2, 0.25) is 0 Å². The van der Waals surface area contributed by atoms with Gasteiger partial charge in [-0.15, -0.1) is 0 Å². The molecule has 2 rings (SSSR count). The van der Waals surface area contributed by atoms with Crippen LogP contribution in [0.15, 0.2) is 36.4 Å². The third-order valence-corrected chi connectivity index (χ3v) is 3.54. The first-order valence-electron chi connectivity index (χ1n) is 8.03. The molecule has 0 aliphatic rings. The van der Waals surface area contributed by atoms with E-state index < -0.39 is 11.9 Å². The normalized spacial score (nSPS) is 10.1. The van der Waals surface area contributed by atoms with E-state index in [1.807, 2.05) is 6.92 Å². The zero-order valence-electron chi connectivity index (χ0n) is 14.9. The van der Waals surface area contributed by atoms with Crippen molar-refractivity contribution in [3.05, 3.63) is 47.5 Å². The lowest BCUT2D eigenvalue weighted by Crippen LogP contribution is -2.14. The van der Waals surface area contributed by atoms with Crippen molar-refractivity contribution in [1.29, 1.82) is 0 Å². The number of nitrogens with one attached hydrogen (secondary N) is 1. The highest BCUT2D eigenvalue weighted by Gasteiger charge is 2.18. The molecule has 2 N–H and O–H groups in total. The van der Waals surface area contributed by atoms with E-state index in [0.29, 0.717) is 17.9 Å². The summed E-state index contributed by atoms with van der Waals surface area (Å²) in [7, 11) is 2.80. The molecule has 0 heterocycles. The van der Waals surface area contributed by atoms with Gasteiger partial charge in [-0.25, -0.2) is 4.79 Å². The number of carbonyl (C=O) groups is 2. The van der Waals surface area contributed by atoms with Crippen LogP contribution in [0.3, 0.4) is 0 Å². The zero-order valence-corrected chi connectivity index (χ0v) is 14.9. The number of amides is 1. The number of carbonyl (C=O) groups excluding carboxylic acids is 1. The maximum atomic E-state index is 12.6. The molecule has 2 aromatic carbocycles. The lowest BCUT2D eigenvalue weighted by molar-refractivity contribution is 0.0696. The van der Waals surface area contributed by atoms with Crippen LogP contribution in [0.5, 0.6) is 17.2 Å². The van der Waals surface area contributed by atoms with Crippen molar-refractivity contribution in [1.82, 2.24) is 0 Å². The molecule has 2 aromatic rings. The largest absolute Gasteiger partial charge is 0.494 e. The van der Waals surface area contributed by atoms with Gasteiger partial charge in [-0.2, -0.15) is 0 Å². The molecule has 0 saturated carbocycles. The Balaban J connectivity index is 2.33. The summed E-state index contributed by atoms with van der Waals surface area (Å²) in [6.07, 6.45) is 0.857. The molecule has 0 spiro atoms. The Labute approximate surface area is 151 Å². The van der Waals surface area contributed by atoms with E-state index in [0.717, 1.165) is 6.42 Å². The monoisotopic (exact) mass is 359 g/mol. The van der Waals surface area contributed by atoms with Crippen LogP contribution in [0.4, 0.5) is 5.69 Å². The van der Waals surface area contributed by atoms with Crippen molar-refractivity contribution >= 4 is 17.6 Å². The fraction of sp³-hybridized carbons (Fsp3) is 0.263. The molecule has 0 aromatic heterocycles. The number of aromatic carboxylic acids is 1. The predicted octanol–water partition coefficient (Wildman–Crippen LogP) is 3.44. The lowest BCUT2D eigenvalue weighted by atomic mass is 10.1. The Hall–Kier alpha value is -3.22. The molecule has 138 valence electrons. The maximum Gasteiger partial charge on any atom is 0.335 e. The summed E-state index contributed by atoms with van der Waals surface area (Å²) >= 11 is 0. The van der Waals surface area contributed by atoms with Gasteiger partial charge >= 0.3 is 5.97 Å². The van der Waals surface area contributed by atoms with Gasteiger partial charge in [-0.3, -0.25) is 4.79 Å². The smallest absolute Gasteiger partial charge is 0.335 e. The third kappa shape index (κ3) is 4.44. The fourth-order valence-corrected chi connectivity index (χ4v) is 2.32. The minimum Gasteiger partial charge on any atom is -0.494 e. The van der Waals surface area contributed by atoms with E-state index in [1.165, 1.54) is 26.4 Å². The van der Waals surface area contributed by atoms with Crippen molar-refractivity contribution in [3.8, 4) is 17.2 Å². The van der Waals surface area contributed by atoms with Crippen LogP contribution < -0.4 is 19.5 Å². The number of anilines is 1. The number of carboxylic acid groups (broad SMARTS) is 1. The molecule has 0 aliphatic heterocycles. The molecule has 0 aliphatic carbocycles. The predicted molar refractivity (Wildman–Crippen MR) is 96.7 cm³/mol. The second-order valence-corrected chi connectivity index (χ2v) is 5.39. The standard InChI is InChI=1S/C19H21NO6/c1-4-8-26-14-7-5-6-12(9-14)18(21)20-15-10-13(19(22)23)11-16(24-2)17(15)25-3/h5-7,9-11H,4,8H2,1-3H3,(H,20,21)(H,22,23). The van der Waals surface area contributed by atoms with Gasteiger partial charge in [0.25, 0.3) is 5.91 Å². The number of carboxylic acids is 1. The van der Waals surface area contributed by atoms with E-state index in [2.05, 4.69) is 5.32 Å². The molecular formula is C19H21NO6. The summed E-state index contributed by atoms with van der Waals surface area (Å²) in [6, 6.07) is 9.39. The average Bonchev–Trinajstić information content (AvgIpc) is 2.65. The van der Waals surface area contributed by atoms with Crippen molar-refractivity contribution in [2.45, 2.75) is 13.3 Å². The van der Waals surface area contributed by atoms with E-state index in [-0.39, 0.29) is 22.7 Å². The quantitative estimate of drug-likeness (QED) is 0.750. The van der Waals surface area contributed by atoms with Gasteiger partial charge in [-0.1, -0.05) is 13.0 Å². The Morgan fingerprint density at radius 3 is 2.46 bits per heavy atom. The van der Waals surface area contributed by atoms with Gasteiger partial charge < -0.3 is 24.6 Å². The third-order valence-electron chi connectivity index (χ3n) is 3.54. The molecule has 7 heteroatoms. The van der Waals surface area contributed by atoms with Crippen LogP contribution in [0, 0.1) is 0 Å². The van der Waals surface area contributed by atoms with Gasteiger partial charge in [0.15, 0.2) is 11.5 Å². The van der Waals surface area contributed by atoms with Crippen LogP contribution in [0.25, 0.3) is 0 Å². The topological polar surface area (TPSA) is 94.1 Å². The average molecular weight is 359 g/mol. The van der Waals surface area contributed by atoms with E-state index in [1.54, 1.807) is 24.3 Å². The van der Waals surface area contributed by atoms with E-state index in [4.69, 9.17) is 14.2 Å². The van der Waals surface area contributed by atoms with Crippen molar-refractivity contribution < 1.29 is 28.9 Å². The number of benzene rings is 2. The highest BCUT2D eigenvalue weighted by atomic mass is 16.5. The molecule has 1 amide bonds. The van der Waals surface area contributed by atoms with Gasteiger partial charge in [0.1, 0.15) is 5.75 Å². The van der Waals surface area contributed by atoms with Crippen LogP contribution >= 0.6 is 0 Å². The summed E-state index contributed by atoms with van der Waals surface area (Å²) in [4.78, 5) is 23.9. The fourth-order valence-electron chi connectivity index (χ4n) is 2.32. The molecule has 0 bridgehead atoms. The first-order chi connectivity index (χ1) is 12.5. The summed E-state index contributed by atoms with van der Waals surface area (Å²) in [5.74, 6) is -0.526. The summed E-state index contributed by atoms with van der Waals surface area (Å²) in [5.41, 5.74) is 0.549. The minimum absolute atomic E-state index is 0.0296.